The number of aromatic nitrogens is 4. The first-order chi connectivity index (χ1) is 12.3. The number of para-hydroxylation sites is 1. The van der Waals surface area contributed by atoms with E-state index in [2.05, 4.69) is 35.9 Å². The molecule has 0 aliphatic carbocycles. The SMILES string of the molecule is C=CCn1cnn(C[NH+]2CCCC[C@@H]2c2nc3ccccc3s2)c1=S. The van der Waals surface area contributed by atoms with E-state index in [1.807, 2.05) is 26.7 Å². The van der Waals surface area contributed by atoms with Crippen molar-refractivity contribution >= 4 is 33.8 Å². The second-order valence-electron chi connectivity index (χ2n) is 6.49. The number of nitrogens with one attached hydrogen (secondary N) is 1. The van der Waals surface area contributed by atoms with Gasteiger partial charge in [-0.25, -0.2) is 4.98 Å². The number of benzene rings is 1. The molecule has 1 aliphatic rings. The number of likely N-dealkylation sites (tertiary alicyclic amines) is 1. The number of allylic oxidation sites excluding steroid dienone is 1. The Morgan fingerprint density at radius 2 is 2.24 bits per heavy atom. The maximum atomic E-state index is 5.56. The molecule has 0 spiro atoms. The first-order valence-corrected chi connectivity index (χ1v) is 9.92. The Morgan fingerprint density at radius 1 is 1.36 bits per heavy atom. The van der Waals surface area contributed by atoms with E-state index in [0.29, 0.717) is 12.6 Å². The Hall–Kier alpha value is -1.83. The Balaban J connectivity index is 1.61. The maximum absolute atomic E-state index is 5.56. The van der Waals surface area contributed by atoms with Crippen molar-refractivity contribution in [3.8, 4) is 0 Å². The lowest BCUT2D eigenvalue weighted by molar-refractivity contribution is -0.959. The van der Waals surface area contributed by atoms with Gasteiger partial charge in [-0.1, -0.05) is 18.2 Å². The highest BCUT2D eigenvalue weighted by Crippen LogP contribution is 2.28. The van der Waals surface area contributed by atoms with Gasteiger partial charge in [0.15, 0.2) is 11.7 Å². The number of fused-ring (bicyclic) bond motifs is 1. The summed E-state index contributed by atoms with van der Waals surface area (Å²) in [5.74, 6) is 0. The smallest absolute Gasteiger partial charge is 0.202 e. The van der Waals surface area contributed by atoms with Crippen molar-refractivity contribution in [2.45, 2.75) is 38.5 Å². The zero-order valence-corrected chi connectivity index (χ0v) is 15.7. The van der Waals surface area contributed by atoms with E-state index in [1.165, 1.54) is 33.9 Å². The Bertz CT molecular complexity index is 905. The fourth-order valence-electron chi connectivity index (χ4n) is 3.54. The predicted molar refractivity (Wildman–Crippen MR) is 103 cm³/mol. The van der Waals surface area contributed by atoms with Crippen molar-refractivity contribution in [2.75, 3.05) is 6.54 Å². The third-order valence-electron chi connectivity index (χ3n) is 4.82. The van der Waals surface area contributed by atoms with Gasteiger partial charge in [-0.15, -0.1) is 17.9 Å². The molecule has 130 valence electrons. The number of quaternary nitrogens is 1. The highest BCUT2D eigenvalue weighted by Gasteiger charge is 2.31. The molecule has 1 unspecified atom stereocenters. The molecule has 1 fully saturated rings. The summed E-state index contributed by atoms with van der Waals surface area (Å²) in [6, 6.07) is 8.83. The van der Waals surface area contributed by atoms with Gasteiger partial charge >= 0.3 is 0 Å². The van der Waals surface area contributed by atoms with Crippen molar-refractivity contribution < 1.29 is 4.90 Å². The lowest BCUT2D eigenvalue weighted by atomic mass is 10.0. The summed E-state index contributed by atoms with van der Waals surface area (Å²) in [6.07, 6.45) is 7.34. The monoisotopic (exact) mass is 372 g/mol. The van der Waals surface area contributed by atoms with Gasteiger partial charge < -0.3 is 9.47 Å². The zero-order chi connectivity index (χ0) is 17.2. The lowest BCUT2D eigenvalue weighted by Gasteiger charge is -2.30. The maximum Gasteiger partial charge on any atom is 0.202 e. The zero-order valence-electron chi connectivity index (χ0n) is 14.1. The quantitative estimate of drug-likeness (QED) is 0.553. The summed E-state index contributed by atoms with van der Waals surface area (Å²) in [4.78, 5) is 6.41. The number of rotatable bonds is 5. The first-order valence-electron chi connectivity index (χ1n) is 8.69. The average molecular weight is 373 g/mol. The van der Waals surface area contributed by atoms with Crippen LogP contribution in [0.2, 0.25) is 0 Å². The van der Waals surface area contributed by atoms with Crippen LogP contribution in [0.5, 0.6) is 0 Å². The number of nitrogens with zero attached hydrogens (tertiary/aromatic N) is 4. The summed E-state index contributed by atoms with van der Waals surface area (Å²) in [5, 5.41) is 5.73. The minimum Gasteiger partial charge on any atom is -0.308 e. The normalized spacial score (nSPS) is 20.8. The first kappa shape index (κ1) is 16.6. The van der Waals surface area contributed by atoms with Crippen LogP contribution in [0.1, 0.15) is 30.3 Å². The van der Waals surface area contributed by atoms with E-state index in [9.17, 15) is 0 Å². The van der Waals surface area contributed by atoms with E-state index in [4.69, 9.17) is 17.2 Å². The molecule has 0 saturated carbocycles. The van der Waals surface area contributed by atoms with Gasteiger partial charge in [0.1, 0.15) is 12.4 Å². The standard InChI is InChI=1S/C18H21N5S2/c1-2-10-21-12-19-23(18(21)24)13-22-11-6-5-8-15(22)17-20-14-7-3-4-9-16(14)25-17/h2-4,7,9,12,15H,1,5-6,8,10-11,13H2/p+1/t15-/m1/s1. The number of hydrogen-bond donors (Lipinski definition) is 1. The molecule has 25 heavy (non-hydrogen) atoms. The van der Waals surface area contributed by atoms with Gasteiger partial charge in [-0.05, 0) is 37.2 Å². The fraction of sp³-hybridized carbons (Fsp3) is 0.389. The van der Waals surface area contributed by atoms with E-state index in [1.54, 1.807) is 6.33 Å². The fourth-order valence-corrected chi connectivity index (χ4v) is 4.94. The third kappa shape index (κ3) is 3.31. The molecule has 7 heteroatoms. The molecule has 5 nitrogen and oxygen atoms in total. The third-order valence-corrected chi connectivity index (χ3v) is 6.41. The largest absolute Gasteiger partial charge is 0.308 e. The molecule has 1 saturated heterocycles. The lowest BCUT2D eigenvalue weighted by Crippen LogP contribution is -3.12. The van der Waals surface area contributed by atoms with Gasteiger partial charge in [0.2, 0.25) is 4.77 Å². The molecule has 1 aromatic carbocycles. The Morgan fingerprint density at radius 3 is 3.08 bits per heavy atom. The van der Waals surface area contributed by atoms with Crippen molar-refractivity contribution in [3.05, 3.63) is 53.0 Å². The molecule has 0 amide bonds. The Labute approximate surface area is 156 Å². The second kappa shape index (κ2) is 7.19. The highest BCUT2D eigenvalue weighted by atomic mass is 32.1. The van der Waals surface area contributed by atoms with Crippen LogP contribution < -0.4 is 4.90 Å². The molecule has 2 aromatic heterocycles. The van der Waals surface area contributed by atoms with E-state index in [0.717, 1.165) is 23.5 Å². The van der Waals surface area contributed by atoms with Crippen molar-refractivity contribution in [1.82, 2.24) is 19.3 Å². The van der Waals surface area contributed by atoms with Gasteiger partial charge in [-0.2, -0.15) is 9.78 Å². The molecule has 0 radical (unpaired) electrons. The van der Waals surface area contributed by atoms with Gasteiger partial charge in [0, 0.05) is 13.0 Å². The average Bonchev–Trinajstić information content (AvgIpc) is 3.21. The van der Waals surface area contributed by atoms with Gasteiger partial charge in [0.05, 0.1) is 16.8 Å². The van der Waals surface area contributed by atoms with Crippen LogP contribution in [0, 0.1) is 4.77 Å². The second-order valence-corrected chi connectivity index (χ2v) is 7.92. The van der Waals surface area contributed by atoms with Crippen LogP contribution in [-0.4, -0.2) is 25.9 Å². The summed E-state index contributed by atoms with van der Waals surface area (Å²) in [7, 11) is 0. The van der Waals surface area contributed by atoms with Crippen LogP contribution >= 0.6 is 23.6 Å². The number of thiazole rings is 1. The minimum absolute atomic E-state index is 0.428. The van der Waals surface area contributed by atoms with Crippen LogP contribution in [0.15, 0.2) is 43.2 Å². The highest BCUT2D eigenvalue weighted by molar-refractivity contribution is 7.71. The molecular formula is C18H22N5S2+. The number of piperidine rings is 1. The molecule has 0 bridgehead atoms. The van der Waals surface area contributed by atoms with Crippen LogP contribution in [-0.2, 0) is 13.2 Å². The molecule has 2 atom stereocenters. The molecule has 4 rings (SSSR count). The number of hydrogen-bond acceptors (Lipinski definition) is 4. The van der Waals surface area contributed by atoms with Crippen LogP contribution in [0.4, 0.5) is 0 Å². The molecular weight excluding hydrogens is 350 g/mol. The summed E-state index contributed by atoms with van der Waals surface area (Å²) in [5.41, 5.74) is 1.11. The Kier molecular flexibility index (Phi) is 4.78. The van der Waals surface area contributed by atoms with Crippen molar-refractivity contribution in [1.29, 1.82) is 0 Å². The van der Waals surface area contributed by atoms with Crippen LogP contribution in [0.3, 0.4) is 0 Å². The van der Waals surface area contributed by atoms with E-state index >= 15 is 0 Å². The molecule has 3 aromatic rings. The van der Waals surface area contributed by atoms with Gasteiger partial charge in [-0.3, -0.25) is 0 Å². The molecule has 3 heterocycles. The summed E-state index contributed by atoms with van der Waals surface area (Å²) in [6.45, 7) is 6.41. The minimum atomic E-state index is 0.428. The topological polar surface area (TPSA) is 40.1 Å². The van der Waals surface area contributed by atoms with Crippen LogP contribution in [0.25, 0.3) is 10.2 Å². The molecule has 1 aliphatic heterocycles. The summed E-state index contributed by atoms with van der Waals surface area (Å²) >= 11 is 7.39. The van der Waals surface area contributed by atoms with E-state index < -0.39 is 0 Å². The molecule has 1 N–H and O–H groups in total. The summed E-state index contributed by atoms with van der Waals surface area (Å²) < 4.78 is 5.94. The van der Waals surface area contributed by atoms with E-state index in [-0.39, 0.29) is 0 Å². The van der Waals surface area contributed by atoms with Crippen molar-refractivity contribution in [3.63, 3.8) is 0 Å². The predicted octanol–water partition coefficient (Wildman–Crippen LogP) is 2.98. The van der Waals surface area contributed by atoms with Gasteiger partial charge in [0.25, 0.3) is 0 Å². The van der Waals surface area contributed by atoms with Crippen molar-refractivity contribution in [2.24, 2.45) is 0 Å².